The summed E-state index contributed by atoms with van der Waals surface area (Å²) < 4.78 is 12.9. The number of amides is 1. The normalized spacial score (nSPS) is 12.5. The number of aryl methyl sites for hydroxylation is 2. The van der Waals surface area contributed by atoms with Gasteiger partial charge in [0.1, 0.15) is 5.82 Å². The van der Waals surface area contributed by atoms with Crippen LogP contribution in [0, 0.1) is 5.82 Å². The van der Waals surface area contributed by atoms with Crippen molar-refractivity contribution in [1.82, 2.24) is 0 Å². The molecule has 0 atom stereocenters. The van der Waals surface area contributed by atoms with Gasteiger partial charge in [0.2, 0.25) is 5.91 Å². The molecule has 0 spiro atoms. The summed E-state index contributed by atoms with van der Waals surface area (Å²) in [6.45, 7) is 0. The molecule has 0 aromatic heterocycles. The Morgan fingerprint density at radius 1 is 1.00 bits per heavy atom. The van der Waals surface area contributed by atoms with Crippen molar-refractivity contribution in [1.29, 1.82) is 0 Å². The van der Waals surface area contributed by atoms with Gasteiger partial charge in [0.25, 0.3) is 0 Å². The second-order valence-electron chi connectivity index (χ2n) is 6.28. The number of rotatable bonds is 5. The SMILES string of the molecule is O=C(CSCc1ccc(F)cc1)Nc1ccc2c3c(cccc13)CC2. The summed E-state index contributed by atoms with van der Waals surface area (Å²) in [5, 5.41) is 5.48. The van der Waals surface area contributed by atoms with Crippen LogP contribution in [0.5, 0.6) is 0 Å². The Morgan fingerprint density at radius 2 is 1.76 bits per heavy atom. The average molecular weight is 351 g/mol. The van der Waals surface area contributed by atoms with Gasteiger partial charge in [-0.1, -0.05) is 36.4 Å². The third kappa shape index (κ3) is 3.40. The molecule has 3 aromatic rings. The van der Waals surface area contributed by atoms with E-state index in [9.17, 15) is 9.18 Å². The summed E-state index contributed by atoms with van der Waals surface area (Å²) in [5.41, 5.74) is 4.64. The standard InChI is InChI=1S/C21H18FNOS/c22-17-9-4-14(5-10-17)12-25-13-20(24)23-19-11-8-16-7-6-15-2-1-3-18(19)21(15)16/h1-5,8-11H,6-7,12-13H2,(H,23,24). The molecule has 0 aliphatic heterocycles. The highest BCUT2D eigenvalue weighted by atomic mass is 32.2. The number of hydrogen-bond donors (Lipinski definition) is 1. The third-order valence-corrected chi connectivity index (χ3v) is 5.57. The fraction of sp³-hybridized carbons (Fsp3) is 0.190. The molecule has 1 N–H and O–H groups in total. The highest BCUT2D eigenvalue weighted by molar-refractivity contribution is 7.99. The maximum atomic E-state index is 12.9. The summed E-state index contributed by atoms with van der Waals surface area (Å²) in [5.74, 6) is 0.821. The molecule has 1 amide bonds. The van der Waals surface area contributed by atoms with E-state index >= 15 is 0 Å². The van der Waals surface area contributed by atoms with Crippen LogP contribution in [0.4, 0.5) is 10.1 Å². The van der Waals surface area contributed by atoms with Gasteiger partial charge in [0.05, 0.1) is 5.75 Å². The smallest absolute Gasteiger partial charge is 0.234 e. The summed E-state index contributed by atoms with van der Waals surface area (Å²) >= 11 is 1.53. The molecule has 1 aliphatic rings. The number of anilines is 1. The van der Waals surface area contributed by atoms with E-state index in [1.54, 1.807) is 12.1 Å². The van der Waals surface area contributed by atoms with E-state index in [2.05, 4.69) is 29.6 Å². The van der Waals surface area contributed by atoms with Gasteiger partial charge in [0, 0.05) is 16.8 Å². The predicted molar refractivity (Wildman–Crippen MR) is 103 cm³/mol. The fourth-order valence-corrected chi connectivity index (χ4v) is 4.17. The molecule has 4 heteroatoms. The molecule has 0 bridgehead atoms. The van der Waals surface area contributed by atoms with Crippen molar-refractivity contribution in [3.8, 4) is 0 Å². The van der Waals surface area contributed by atoms with Crippen molar-refractivity contribution in [3.63, 3.8) is 0 Å². The zero-order valence-corrected chi connectivity index (χ0v) is 14.5. The summed E-state index contributed by atoms with van der Waals surface area (Å²) in [6.07, 6.45) is 2.16. The topological polar surface area (TPSA) is 29.1 Å². The van der Waals surface area contributed by atoms with Gasteiger partial charge in [-0.15, -0.1) is 11.8 Å². The van der Waals surface area contributed by atoms with Crippen LogP contribution < -0.4 is 5.32 Å². The zero-order chi connectivity index (χ0) is 17.2. The minimum absolute atomic E-state index is 0.00851. The molecule has 0 unspecified atom stereocenters. The van der Waals surface area contributed by atoms with Gasteiger partial charge in [-0.3, -0.25) is 4.79 Å². The summed E-state index contributed by atoms with van der Waals surface area (Å²) in [4.78, 5) is 12.3. The maximum Gasteiger partial charge on any atom is 0.234 e. The van der Waals surface area contributed by atoms with Crippen LogP contribution in [0.3, 0.4) is 0 Å². The predicted octanol–water partition coefficient (Wildman–Crippen LogP) is 4.95. The lowest BCUT2D eigenvalue weighted by atomic mass is 10.0. The highest BCUT2D eigenvalue weighted by Gasteiger charge is 2.16. The van der Waals surface area contributed by atoms with Crippen molar-refractivity contribution in [2.75, 3.05) is 11.1 Å². The zero-order valence-electron chi connectivity index (χ0n) is 13.7. The first-order valence-electron chi connectivity index (χ1n) is 8.36. The Labute approximate surface area is 150 Å². The first kappa shape index (κ1) is 16.2. The molecule has 0 heterocycles. The van der Waals surface area contributed by atoms with Crippen LogP contribution >= 0.6 is 11.8 Å². The minimum atomic E-state index is -0.237. The molecule has 1 aliphatic carbocycles. The maximum absolute atomic E-state index is 12.9. The Hall–Kier alpha value is -2.33. The monoisotopic (exact) mass is 351 g/mol. The second kappa shape index (κ2) is 6.89. The third-order valence-electron chi connectivity index (χ3n) is 4.57. The molecule has 0 saturated heterocycles. The number of nitrogens with one attached hydrogen (secondary N) is 1. The molecule has 2 nitrogen and oxygen atoms in total. The number of hydrogen-bond acceptors (Lipinski definition) is 2. The molecule has 3 aromatic carbocycles. The van der Waals surface area contributed by atoms with E-state index in [1.165, 1.54) is 40.4 Å². The quantitative estimate of drug-likeness (QED) is 0.705. The summed E-state index contributed by atoms with van der Waals surface area (Å²) in [7, 11) is 0. The van der Waals surface area contributed by atoms with Gasteiger partial charge < -0.3 is 5.32 Å². The van der Waals surface area contributed by atoms with Crippen LogP contribution in [0.1, 0.15) is 16.7 Å². The first-order valence-corrected chi connectivity index (χ1v) is 9.52. The number of benzene rings is 3. The molecular weight excluding hydrogens is 333 g/mol. The molecule has 0 fully saturated rings. The second-order valence-corrected chi connectivity index (χ2v) is 7.26. The Kier molecular flexibility index (Phi) is 4.45. The van der Waals surface area contributed by atoms with Crippen LogP contribution in [-0.2, 0) is 23.4 Å². The van der Waals surface area contributed by atoms with E-state index in [0.29, 0.717) is 11.5 Å². The Morgan fingerprint density at radius 3 is 2.56 bits per heavy atom. The number of carbonyl (C=O) groups is 1. The van der Waals surface area contributed by atoms with Crippen LogP contribution in [0.2, 0.25) is 0 Å². The van der Waals surface area contributed by atoms with E-state index in [4.69, 9.17) is 0 Å². The molecule has 0 saturated carbocycles. The van der Waals surface area contributed by atoms with Gasteiger partial charge in [0.15, 0.2) is 0 Å². The molecule has 25 heavy (non-hydrogen) atoms. The van der Waals surface area contributed by atoms with Gasteiger partial charge in [-0.2, -0.15) is 0 Å². The van der Waals surface area contributed by atoms with Crippen molar-refractivity contribution in [2.45, 2.75) is 18.6 Å². The highest BCUT2D eigenvalue weighted by Crippen LogP contribution is 2.35. The van der Waals surface area contributed by atoms with Crippen molar-refractivity contribution in [3.05, 3.63) is 77.1 Å². The molecule has 0 radical (unpaired) electrons. The fourth-order valence-electron chi connectivity index (χ4n) is 3.38. The Balaban J connectivity index is 1.41. The molecule has 126 valence electrons. The van der Waals surface area contributed by atoms with Gasteiger partial charge in [-0.25, -0.2) is 4.39 Å². The van der Waals surface area contributed by atoms with Crippen LogP contribution in [0.25, 0.3) is 10.8 Å². The molecule has 4 rings (SSSR count). The number of halogens is 1. The lowest BCUT2D eigenvalue weighted by molar-refractivity contribution is -0.113. The molecular formula is C21H18FNOS. The van der Waals surface area contributed by atoms with E-state index in [-0.39, 0.29) is 11.7 Å². The van der Waals surface area contributed by atoms with Gasteiger partial charge >= 0.3 is 0 Å². The average Bonchev–Trinajstić information content (AvgIpc) is 3.04. The summed E-state index contributed by atoms with van der Waals surface area (Å²) in [6, 6.07) is 16.8. The van der Waals surface area contributed by atoms with Crippen molar-refractivity contribution >= 4 is 34.1 Å². The number of carbonyl (C=O) groups excluding carboxylic acids is 1. The van der Waals surface area contributed by atoms with Crippen molar-refractivity contribution < 1.29 is 9.18 Å². The largest absolute Gasteiger partial charge is 0.325 e. The lowest BCUT2D eigenvalue weighted by Crippen LogP contribution is -2.14. The number of thioether (sulfide) groups is 1. The van der Waals surface area contributed by atoms with Crippen molar-refractivity contribution in [2.24, 2.45) is 0 Å². The van der Waals surface area contributed by atoms with Crippen LogP contribution in [0.15, 0.2) is 54.6 Å². The van der Waals surface area contributed by atoms with E-state index in [0.717, 1.165) is 29.5 Å². The van der Waals surface area contributed by atoms with Gasteiger partial charge in [-0.05, 0) is 53.1 Å². The first-order chi connectivity index (χ1) is 12.2. The van der Waals surface area contributed by atoms with Crippen LogP contribution in [-0.4, -0.2) is 11.7 Å². The Bertz CT molecular complexity index is 926. The van der Waals surface area contributed by atoms with E-state index in [1.807, 2.05) is 6.07 Å². The lowest BCUT2D eigenvalue weighted by Gasteiger charge is -2.10. The minimum Gasteiger partial charge on any atom is -0.325 e. The van der Waals surface area contributed by atoms with E-state index < -0.39 is 0 Å².